The Labute approximate surface area is 115 Å². The van der Waals surface area contributed by atoms with Crippen molar-refractivity contribution in [1.29, 1.82) is 0 Å². The minimum atomic E-state index is -0.141. The van der Waals surface area contributed by atoms with Gasteiger partial charge in [0.05, 0.1) is 11.6 Å². The predicted octanol–water partition coefficient (Wildman–Crippen LogP) is 3.74. The second-order valence-electron chi connectivity index (χ2n) is 5.52. The van der Waals surface area contributed by atoms with Gasteiger partial charge in [-0.2, -0.15) is 0 Å². The van der Waals surface area contributed by atoms with Gasteiger partial charge in [0.2, 0.25) is 0 Å². The molecule has 19 heavy (non-hydrogen) atoms. The molecule has 3 heteroatoms. The van der Waals surface area contributed by atoms with E-state index < -0.39 is 0 Å². The van der Waals surface area contributed by atoms with E-state index in [0.717, 1.165) is 31.4 Å². The van der Waals surface area contributed by atoms with Crippen LogP contribution in [0.3, 0.4) is 0 Å². The maximum atomic E-state index is 13.4. The van der Waals surface area contributed by atoms with Crippen molar-refractivity contribution in [3.63, 3.8) is 0 Å². The molecule has 106 valence electrons. The molecule has 0 bridgehead atoms. The van der Waals surface area contributed by atoms with Crippen molar-refractivity contribution in [2.24, 2.45) is 0 Å². The largest absolute Gasteiger partial charge is 0.376 e. The third kappa shape index (κ3) is 2.82. The third-order valence-electron chi connectivity index (χ3n) is 4.25. The summed E-state index contributed by atoms with van der Waals surface area (Å²) < 4.78 is 19.2. The third-order valence-corrected chi connectivity index (χ3v) is 4.25. The first kappa shape index (κ1) is 14.5. The molecule has 0 heterocycles. The van der Waals surface area contributed by atoms with Crippen LogP contribution in [0.1, 0.15) is 49.8 Å². The number of rotatable bonds is 6. The first-order chi connectivity index (χ1) is 9.13. The molecule has 1 aliphatic carbocycles. The van der Waals surface area contributed by atoms with Crippen LogP contribution in [0.15, 0.2) is 18.2 Å². The molecule has 1 unspecified atom stereocenters. The van der Waals surface area contributed by atoms with Crippen LogP contribution in [0.5, 0.6) is 0 Å². The van der Waals surface area contributed by atoms with Crippen LogP contribution in [0.4, 0.5) is 4.39 Å². The molecule has 0 radical (unpaired) electrons. The molecule has 1 aromatic carbocycles. The normalized spacial score (nSPS) is 18.9. The molecule has 0 spiro atoms. The number of hydrogen-bond acceptors (Lipinski definition) is 2. The number of methoxy groups -OCH3 is 1. The summed E-state index contributed by atoms with van der Waals surface area (Å²) in [5.74, 6) is -0.141. The standard InChI is InChI=1S/C16H24FNO/c1-4-10-18-15(16(19-3)8-5-9-16)13-6-7-14(17)12(2)11-13/h6-7,11,15,18H,4-5,8-10H2,1-3H3. The molecule has 1 fully saturated rings. The van der Waals surface area contributed by atoms with Crippen LogP contribution >= 0.6 is 0 Å². The second kappa shape index (κ2) is 6.02. The van der Waals surface area contributed by atoms with Crippen LogP contribution in [0.2, 0.25) is 0 Å². The van der Waals surface area contributed by atoms with Crippen LogP contribution in [0.25, 0.3) is 0 Å². The van der Waals surface area contributed by atoms with Crippen LogP contribution in [-0.4, -0.2) is 19.3 Å². The van der Waals surface area contributed by atoms with E-state index in [0.29, 0.717) is 5.56 Å². The maximum Gasteiger partial charge on any atom is 0.126 e. The number of benzene rings is 1. The van der Waals surface area contributed by atoms with Gasteiger partial charge in [0.1, 0.15) is 5.82 Å². The van der Waals surface area contributed by atoms with Gasteiger partial charge < -0.3 is 10.1 Å². The first-order valence-electron chi connectivity index (χ1n) is 7.17. The van der Waals surface area contributed by atoms with Gasteiger partial charge >= 0.3 is 0 Å². The highest BCUT2D eigenvalue weighted by atomic mass is 19.1. The summed E-state index contributed by atoms with van der Waals surface area (Å²) in [4.78, 5) is 0. The van der Waals surface area contributed by atoms with E-state index in [9.17, 15) is 4.39 Å². The first-order valence-corrected chi connectivity index (χ1v) is 7.17. The molecule has 1 aromatic rings. The highest BCUT2D eigenvalue weighted by Crippen LogP contribution is 2.45. The fourth-order valence-corrected chi connectivity index (χ4v) is 2.88. The van der Waals surface area contributed by atoms with Crippen molar-refractivity contribution in [2.45, 2.75) is 51.2 Å². The van der Waals surface area contributed by atoms with Crippen molar-refractivity contribution in [3.05, 3.63) is 35.1 Å². The zero-order valence-electron chi connectivity index (χ0n) is 12.1. The van der Waals surface area contributed by atoms with Crippen molar-refractivity contribution < 1.29 is 9.13 Å². The number of ether oxygens (including phenoxy) is 1. The van der Waals surface area contributed by atoms with Crippen molar-refractivity contribution in [2.75, 3.05) is 13.7 Å². The molecule has 0 saturated heterocycles. The number of nitrogens with one attached hydrogen (secondary N) is 1. The topological polar surface area (TPSA) is 21.3 Å². The lowest BCUT2D eigenvalue weighted by Gasteiger charge is -2.47. The summed E-state index contributed by atoms with van der Waals surface area (Å²) in [6.45, 7) is 4.92. The molecule has 0 amide bonds. The summed E-state index contributed by atoms with van der Waals surface area (Å²) >= 11 is 0. The highest BCUT2D eigenvalue weighted by Gasteiger charge is 2.44. The Balaban J connectivity index is 2.28. The van der Waals surface area contributed by atoms with Crippen molar-refractivity contribution >= 4 is 0 Å². The molecule has 2 nitrogen and oxygen atoms in total. The van der Waals surface area contributed by atoms with Gasteiger partial charge in [-0.15, -0.1) is 0 Å². The van der Waals surface area contributed by atoms with Gasteiger partial charge in [0.15, 0.2) is 0 Å². The summed E-state index contributed by atoms with van der Waals surface area (Å²) in [6, 6.07) is 5.55. The lowest BCUT2D eigenvalue weighted by Crippen LogP contribution is -2.50. The number of halogens is 1. The molecule has 0 aliphatic heterocycles. The number of hydrogen-bond donors (Lipinski definition) is 1. The minimum absolute atomic E-state index is 0.112. The summed E-state index contributed by atoms with van der Waals surface area (Å²) in [5.41, 5.74) is 1.72. The lowest BCUT2D eigenvalue weighted by atomic mass is 9.72. The highest BCUT2D eigenvalue weighted by molar-refractivity contribution is 5.29. The van der Waals surface area contributed by atoms with E-state index >= 15 is 0 Å². The van der Waals surface area contributed by atoms with Crippen LogP contribution in [-0.2, 0) is 4.74 Å². The van der Waals surface area contributed by atoms with E-state index in [1.165, 1.54) is 6.42 Å². The number of aryl methyl sites for hydroxylation is 1. The molecule has 2 rings (SSSR count). The Hall–Kier alpha value is -0.930. The predicted molar refractivity (Wildman–Crippen MR) is 75.8 cm³/mol. The summed E-state index contributed by atoms with van der Waals surface area (Å²) in [6.07, 6.45) is 4.43. The van der Waals surface area contributed by atoms with Gasteiger partial charge in [-0.05, 0) is 56.3 Å². The Morgan fingerprint density at radius 2 is 2.16 bits per heavy atom. The SMILES string of the molecule is CCCNC(c1ccc(F)c(C)c1)C1(OC)CCC1. The zero-order chi connectivity index (χ0) is 13.9. The molecular weight excluding hydrogens is 241 g/mol. The smallest absolute Gasteiger partial charge is 0.126 e. The second-order valence-corrected chi connectivity index (χ2v) is 5.52. The Morgan fingerprint density at radius 3 is 2.63 bits per heavy atom. The molecule has 1 atom stereocenters. The zero-order valence-corrected chi connectivity index (χ0v) is 12.1. The van der Waals surface area contributed by atoms with Crippen LogP contribution in [0, 0.1) is 12.7 Å². The van der Waals surface area contributed by atoms with Crippen LogP contribution < -0.4 is 5.32 Å². The minimum Gasteiger partial charge on any atom is -0.376 e. The van der Waals surface area contributed by atoms with Gasteiger partial charge in [-0.3, -0.25) is 0 Å². The average molecular weight is 265 g/mol. The Kier molecular flexibility index (Phi) is 4.58. The van der Waals surface area contributed by atoms with Crippen molar-refractivity contribution in [1.82, 2.24) is 5.32 Å². The van der Waals surface area contributed by atoms with E-state index in [1.807, 2.05) is 19.1 Å². The van der Waals surface area contributed by atoms with E-state index in [2.05, 4.69) is 12.2 Å². The monoisotopic (exact) mass is 265 g/mol. The fourth-order valence-electron chi connectivity index (χ4n) is 2.88. The Morgan fingerprint density at radius 1 is 1.42 bits per heavy atom. The molecule has 1 saturated carbocycles. The fraction of sp³-hybridized carbons (Fsp3) is 0.625. The maximum absolute atomic E-state index is 13.4. The summed E-state index contributed by atoms with van der Waals surface area (Å²) in [7, 11) is 1.79. The molecule has 1 N–H and O–H groups in total. The van der Waals surface area contributed by atoms with Gasteiger partial charge in [0.25, 0.3) is 0 Å². The van der Waals surface area contributed by atoms with Gasteiger partial charge in [0, 0.05) is 7.11 Å². The molecule has 1 aliphatic rings. The van der Waals surface area contributed by atoms with E-state index in [1.54, 1.807) is 13.2 Å². The van der Waals surface area contributed by atoms with E-state index in [4.69, 9.17) is 4.74 Å². The van der Waals surface area contributed by atoms with E-state index in [-0.39, 0.29) is 17.5 Å². The van der Waals surface area contributed by atoms with Gasteiger partial charge in [-0.25, -0.2) is 4.39 Å². The van der Waals surface area contributed by atoms with Gasteiger partial charge in [-0.1, -0.05) is 19.1 Å². The quantitative estimate of drug-likeness (QED) is 0.846. The summed E-state index contributed by atoms with van der Waals surface area (Å²) in [5, 5.41) is 3.58. The Bertz CT molecular complexity index is 423. The average Bonchev–Trinajstić information content (AvgIpc) is 2.36. The lowest BCUT2D eigenvalue weighted by molar-refractivity contribution is -0.0997. The molecular formula is C16H24FNO. The molecule has 0 aromatic heterocycles. The van der Waals surface area contributed by atoms with Crippen molar-refractivity contribution in [3.8, 4) is 0 Å².